The second-order valence-electron chi connectivity index (χ2n) is 6.23. The Bertz CT molecular complexity index is 1230. The lowest BCUT2D eigenvalue weighted by atomic mass is 10.0. The Morgan fingerprint density at radius 2 is 1.50 bits per heavy atom. The van der Waals surface area contributed by atoms with Crippen LogP contribution in [0.3, 0.4) is 0 Å². The van der Waals surface area contributed by atoms with E-state index < -0.39 is 0 Å². The number of rotatable bonds is 3. The number of benzene rings is 3. The average molecular weight is 434 g/mol. The van der Waals surface area contributed by atoms with E-state index in [2.05, 4.69) is 5.10 Å². The molecule has 0 fully saturated rings. The quantitative estimate of drug-likeness (QED) is 0.393. The molecule has 3 aromatic carbocycles. The maximum atomic E-state index is 13.2. The van der Waals surface area contributed by atoms with E-state index in [1.165, 1.54) is 28.9 Å². The number of nitrogens with zero attached hydrogens (tertiary/aromatic N) is 2. The molecule has 4 aromatic rings. The third-order valence-corrected chi connectivity index (χ3v) is 5.15. The molecule has 0 unspecified atom stereocenters. The normalized spacial score (nSPS) is 11.1. The number of hydrogen-bond donors (Lipinski definition) is 0. The molecule has 0 saturated carbocycles. The van der Waals surface area contributed by atoms with Gasteiger partial charge in [0, 0.05) is 16.8 Å². The zero-order valence-corrected chi connectivity index (χ0v) is 16.6. The van der Waals surface area contributed by atoms with Crippen molar-refractivity contribution in [1.82, 2.24) is 9.78 Å². The number of halogens is 4. The first kappa shape index (κ1) is 18.9. The van der Waals surface area contributed by atoms with Crippen LogP contribution in [0.25, 0.3) is 16.5 Å². The van der Waals surface area contributed by atoms with Gasteiger partial charge in [0.05, 0.1) is 21.1 Å². The van der Waals surface area contributed by atoms with Crippen LogP contribution in [0, 0.1) is 5.82 Å². The van der Waals surface area contributed by atoms with Gasteiger partial charge in [-0.3, -0.25) is 4.79 Å². The van der Waals surface area contributed by atoms with Crippen molar-refractivity contribution in [1.29, 1.82) is 0 Å². The Kier molecular flexibility index (Phi) is 5.11. The van der Waals surface area contributed by atoms with Crippen molar-refractivity contribution in [2.45, 2.75) is 6.42 Å². The zero-order chi connectivity index (χ0) is 19.8. The molecular weight excluding hydrogens is 422 g/mol. The van der Waals surface area contributed by atoms with Gasteiger partial charge in [0.25, 0.3) is 5.56 Å². The Morgan fingerprint density at radius 3 is 2.14 bits per heavy atom. The summed E-state index contributed by atoms with van der Waals surface area (Å²) >= 11 is 18.6. The highest BCUT2D eigenvalue weighted by Gasteiger charge is 2.17. The third kappa shape index (κ3) is 3.51. The Labute approximate surface area is 174 Å². The second-order valence-corrected chi connectivity index (χ2v) is 7.48. The Hall–Kier alpha value is -2.40. The molecule has 1 heterocycles. The summed E-state index contributed by atoms with van der Waals surface area (Å²) in [5.74, 6) is -0.314. The van der Waals surface area contributed by atoms with E-state index in [0.717, 1.165) is 5.56 Å². The third-order valence-electron chi connectivity index (χ3n) is 4.36. The van der Waals surface area contributed by atoms with Crippen molar-refractivity contribution in [2.24, 2.45) is 0 Å². The smallest absolute Gasteiger partial charge is 0.267 e. The highest BCUT2D eigenvalue weighted by Crippen LogP contribution is 2.31. The largest absolute Gasteiger partial charge is 0.279 e. The molecule has 0 atom stereocenters. The maximum Gasteiger partial charge on any atom is 0.279 e. The summed E-state index contributed by atoms with van der Waals surface area (Å²) in [7, 11) is 0. The Morgan fingerprint density at radius 1 is 0.893 bits per heavy atom. The lowest BCUT2D eigenvalue weighted by Crippen LogP contribution is -2.24. The molecule has 4 rings (SSSR count). The molecule has 0 aliphatic rings. The minimum absolute atomic E-state index is 0.218. The molecule has 0 bridgehead atoms. The highest BCUT2D eigenvalue weighted by atomic mass is 35.5. The second kappa shape index (κ2) is 7.55. The first-order chi connectivity index (χ1) is 13.4. The van der Waals surface area contributed by atoms with Crippen LogP contribution in [-0.4, -0.2) is 9.78 Å². The summed E-state index contributed by atoms with van der Waals surface area (Å²) in [4.78, 5) is 13.1. The van der Waals surface area contributed by atoms with Gasteiger partial charge in [0.2, 0.25) is 0 Å². The van der Waals surface area contributed by atoms with Crippen LogP contribution in [0.4, 0.5) is 4.39 Å². The van der Waals surface area contributed by atoms with Gasteiger partial charge in [0.15, 0.2) is 0 Å². The van der Waals surface area contributed by atoms with E-state index in [9.17, 15) is 9.18 Å². The van der Waals surface area contributed by atoms with Gasteiger partial charge >= 0.3 is 0 Å². The molecule has 0 N–H and O–H groups in total. The molecule has 140 valence electrons. The molecule has 0 amide bonds. The molecule has 1 aromatic heterocycles. The van der Waals surface area contributed by atoms with Crippen LogP contribution >= 0.6 is 34.8 Å². The minimum Gasteiger partial charge on any atom is -0.267 e. The Balaban J connectivity index is 1.97. The fourth-order valence-electron chi connectivity index (χ4n) is 3.07. The average Bonchev–Trinajstić information content (AvgIpc) is 2.66. The maximum absolute atomic E-state index is 13.2. The van der Waals surface area contributed by atoms with E-state index >= 15 is 0 Å². The van der Waals surface area contributed by atoms with Gasteiger partial charge in [-0.2, -0.15) is 9.78 Å². The lowest BCUT2D eigenvalue weighted by Gasteiger charge is -2.14. The summed E-state index contributed by atoms with van der Waals surface area (Å²) in [6.45, 7) is 0. The van der Waals surface area contributed by atoms with E-state index in [0.29, 0.717) is 27.9 Å². The van der Waals surface area contributed by atoms with Gasteiger partial charge in [-0.15, -0.1) is 0 Å². The van der Waals surface area contributed by atoms with E-state index in [-0.39, 0.29) is 27.1 Å². The standard InChI is InChI=1S/C21H12Cl3FN2O/c22-13-10-17(23)20(18(24)11-13)27-21(28)16-4-2-1-3-15(16)19(26-27)9-12-5-7-14(25)8-6-12/h1-8,10-11H,9H2. The SMILES string of the molecule is O=c1c2ccccc2c(Cc2ccc(F)cc2)nn1-c1c(Cl)cc(Cl)cc1Cl. The highest BCUT2D eigenvalue weighted by molar-refractivity contribution is 6.40. The lowest BCUT2D eigenvalue weighted by molar-refractivity contribution is 0.627. The van der Waals surface area contributed by atoms with Crippen molar-refractivity contribution in [3.63, 3.8) is 0 Å². The molecule has 3 nitrogen and oxygen atoms in total. The van der Waals surface area contributed by atoms with E-state index in [1.807, 2.05) is 12.1 Å². The fraction of sp³-hybridized carbons (Fsp3) is 0.0476. The molecule has 28 heavy (non-hydrogen) atoms. The van der Waals surface area contributed by atoms with Gasteiger partial charge in [0.1, 0.15) is 11.5 Å². The van der Waals surface area contributed by atoms with Crippen molar-refractivity contribution in [3.8, 4) is 5.69 Å². The van der Waals surface area contributed by atoms with E-state index in [4.69, 9.17) is 34.8 Å². The van der Waals surface area contributed by atoms with Gasteiger partial charge in [-0.05, 0) is 35.9 Å². The summed E-state index contributed by atoms with van der Waals surface area (Å²) in [6, 6.07) is 16.3. The van der Waals surface area contributed by atoms with Gasteiger partial charge < -0.3 is 0 Å². The summed E-state index contributed by atoms with van der Waals surface area (Å²) < 4.78 is 14.4. The molecule has 7 heteroatoms. The van der Waals surface area contributed by atoms with Crippen molar-refractivity contribution >= 4 is 45.6 Å². The topological polar surface area (TPSA) is 34.9 Å². The molecule has 0 radical (unpaired) electrons. The van der Waals surface area contributed by atoms with Crippen LogP contribution in [0.1, 0.15) is 11.3 Å². The van der Waals surface area contributed by atoms with Crippen molar-refractivity contribution in [2.75, 3.05) is 0 Å². The first-order valence-electron chi connectivity index (χ1n) is 8.34. The molecule has 0 aliphatic carbocycles. The van der Waals surface area contributed by atoms with Crippen LogP contribution in [0.5, 0.6) is 0 Å². The number of hydrogen-bond acceptors (Lipinski definition) is 2. The summed E-state index contributed by atoms with van der Waals surface area (Å²) in [5.41, 5.74) is 1.43. The van der Waals surface area contributed by atoms with Crippen molar-refractivity contribution < 1.29 is 4.39 Å². The van der Waals surface area contributed by atoms with Gasteiger partial charge in [-0.1, -0.05) is 65.1 Å². The predicted molar refractivity (Wildman–Crippen MR) is 112 cm³/mol. The summed E-state index contributed by atoms with van der Waals surface area (Å²) in [6.07, 6.45) is 0.407. The fourth-order valence-corrected chi connectivity index (χ4v) is 4.05. The molecular formula is C21H12Cl3FN2O. The molecule has 0 aliphatic heterocycles. The van der Waals surface area contributed by atoms with Crippen LogP contribution < -0.4 is 5.56 Å². The predicted octanol–water partition coefficient (Wildman–Crippen LogP) is 6.08. The van der Waals surface area contributed by atoms with Gasteiger partial charge in [-0.25, -0.2) is 4.39 Å². The zero-order valence-electron chi connectivity index (χ0n) is 14.3. The van der Waals surface area contributed by atoms with E-state index in [1.54, 1.807) is 24.3 Å². The first-order valence-corrected chi connectivity index (χ1v) is 9.48. The van der Waals surface area contributed by atoms with Crippen molar-refractivity contribution in [3.05, 3.63) is 103 Å². The van der Waals surface area contributed by atoms with Crippen LogP contribution in [0.15, 0.2) is 65.5 Å². The molecule has 0 spiro atoms. The van der Waals surface area contributed by atoms with Crippen LogP contribution in [-0.2, 0) is 6.42 Å². The number of fused-ring (bicyclic) bond motifs is 1. The monoisotopic (exact) mass is 432 g/mol. The van der Waals surface area contributed by atoms with Crippen LogP contribution in [0.2, 0.25) is 15.1 Å². The summed E-state index contributed by atoms with van der Waals surface area (Å²) in [5, 5.41) is 6.53. The minimum atomic E-state index is -0.343. The molecule has 0 saturated heterocycles. The number of aromatic nitrogens is 2.